The largest absolute Gasteiger partial charge is 0.508 e. The van der Waals surface area contributed by atoms with Gasteiger partial charge in [0.25, 0.3) is 0 Å². The van der Waals surface area contributed by atoms with Crippen molar-refractivity contribution in [1.82, 2.24) is 72.4 Å². The first kappa shape index (κ1) is 107. The number of aromatic carboxylic acids is 1. The van der Waals surface area contributed by atoms with E-state index in [9.17, 15) is 29.7 Å². The van der Waals surface area contributed by atoms with Crippen molar-refractivity contribution in [2.45, 2.75) is 253 Å². The summed E-state index contributed by atoms with van der Waals surface area (Å²) >= 11 is 26.4. The highest BCUT2D eigenvalue weighted by molar-refractivity contribution is 7.98. The molecule has 20 rings (SSSR count). The number of carbonyl (C=O) groups is 3. The molecule has 0 saturated carbocycles. The van der Waals surface area contributed by atoms with E-state index >= 15 is 0 Å². The Bertz CT molecular complexity index is 7340. The molecule has 6 aromatic carbocycles. The molecule has 0 amide bonds. The number of esters is 2. The van der Waals surface area contributed by atoms with Crippen molar-refractivity contribution in [3.63, 3.8) is 0 Å². The molecule has 0 saturated heterocycles. The Balaban J connectivity index is 0.000000161. The van der Waals surface area contributed by atoms with Gasteiger partial charge in [-0.15, -0.1) is 35.3 Å². The fourth-order valence-corrected chi connectivity index (χ4v) is 25.5. The number of nitrogens with zero attached hydrogens (tertiary/aromatic N) is 15. The van der Waals surface area contributed by atoms with Gasteiger partial charge in [0, 0.05) is 218 Å². The highest BCUT2D eigenvalue weighted by Crippen LogP contribution is 2.49. The third-order valence-electron chi connectivity index (χ3n) is 29.3. The van der Waals surface area contributed by atoms with Crippen LogP contribution in [0.1, 0.15) is 247 Å². The molecule has 764 valence electrons. The van der Waals surface area contributed by atoms with E-state index in [0.717, 1.165) is 253 Å². The Morgan fingerprint density at radius 3 is 1.42 bits per heavy atom. The summed E-state index contributed by atoms with van der Waals surface area (Å²) in [6, 6.07) is 31.8. The number of benzene rings is 6. The van der Waals surface area contributed by atoms with E-state index in [1.54, 1.807) is 35.3 Å². The number of halogens is 3. The molecule has 3 N–H and O–H groups in total. The average Bonchev–Trinajstić information content (AvgIpc) is 1.58. The van der Waals surface area contributed by atoms with Crippen molar-refractivity contribution in [2.75, 3.05) is 34.0 Å². The molecule has 16 bridgehead atoms. The van der Waals surface area contributed by atoms with Crippen LogP contribution in [0.2, 0.25) is 15.1 Å². The summed E-state index contributed by atoms with van der Waals surface area (Å²) < 4.78 is 41.3. The van der Waals surface area contributed by atoms with Gasteiger partial charge in [-0.05, 0) is 316 Å². The van der Waals surface area contributed by atoms with Gasteiger partial charge in [0.05, 0.1) is 61.6 Å². The Kier molecular flexibility index (Phi) is 34.5. The molecule has 9 aromatic heterocycles. The van der Waals surface area contributed by atoms with Gasteiger partial charge in [-0.25, -0.2) is 14.4 Å². The van der Waals surface area contributed by atoms with Gasteiger partial charge in [-0.3, -0.25) is 28.1 Å². The molecule has 0 radical (unpaired) electrons. The van der Waals surface area contributed by atoms with Gasteiger partial charge in [-0.2, -0.15) is 30.6 Å². The van der Waals surface area contributed by atoms with Crippen LogP contribution in [0.3, 0.4) is 0 Å². The zero-order chi connectivity index (χ0) is 99.0. The number of aromatic nitrogens is 15. The SMILES string of the molecule is C.C.C.COC(=O)c1c(C)c2c(-c3c(CSCc4cc(CCc5cc(O)c6c(c5)CCCC6)n(C)n4)nn(C)c3C)c(Cl)ccc2n1CCCO.COC(=O)c1c(C)c2c3c(Cl)ccc2n1CCCOc1cc(cc2c1CCCC2)CCc1cc(nn1C)CSCc1nn(C)c(C)c1-3.Cc1c(C(=O)O)n2c3ccc(Cl)c(c13)-c1c(nn(C)c1C)CSCc1cc(n(C)n1)CCc1cc3c(c(c1)OCCC2)CCCC3. The minimum Gasteiger partial charge on any atom is -0.508 e. The fraction of sp³-hybridized carbons (Fsp3) is 0.442. The number of fused-ring (bicyclic) bond motifs is 18. The maximum absolute atomic E-state index is 13.3. The molecule has 15 aromatic rings. The molecule has 0 fully saturated rings. The summed E-state index contributed by atoms with van der Waals surface area (Å²) in [6.07, 6.45) is 20.8. The number of aryl methyl sites for hydroxylation is 21. The number of phenolic OH excluding ortho intramolecular Hbond substituents is 1. The lowest BCUT2D eigenvalue weighted by atomic mass is 9.88. The zero-order valence-corrected chi connectivity index (χ0v) is 88.0. The monoisotopic (exact) mass is 2070 g/mol. The maximum Gasteiger partial charge on any atom is 0.354 e. The van der Waals surface area contributed by atoms with E-state index in [1.807, 2.05) is 157 Å². The van der Waals surface area contributed by atoms with Crippen molar-refractivity contribution in [3.8, 4) is 50.6 Å². The summed E-state index contributed by atoms with van der Waals surface area (Å²) in [5, 5.41) is 64.4. The zero-order valence-electron chi connectivity index (χ0n) is 83.3. The van der Waals surface area contributed by atoms with Crippen LogP contribution in [0.5, 0.6) is 17.2 Å². The lowest BCUT2D eigenvalue weighted by molar-refractivity contribution is 0.0578. The molecule has 25 nitrogen and oxygen atoms in total. The van der Waals surface area contributed by atoms with E-state index in [-0.39, 0.29) is 34.9 Å². The number of thioether (sulfide) groups is 3. The standard InChI is InChI=1S/C37H44ClN5O4S.C37H42ClN5O3S.C36H40ClN5O3S.3CH4/c1-22-33-31(43(15-8-16-44)36(22)37(46)47-5)14-13-29(38)35(33)34-23(2)41(3)40-30(34)21-48-20-26-19-27(42(4)39-26)12-11-24-17-25-9-6-7-10-28(25)32(45)18-24;1-22-33-31-14-13-29(38)35(33)34-23(2)41(3)40-30(34)21-47-20-26-19-27(42(4)39-26)12-11-24-17-25-9-6-7-10-28(25)32(18-24)46-16-8-15-43(31)36(22)37(44)45-5;1-21-32-30-13-12-28(37)34(32)33-22(2)40(3)39-29(33)20-46-19-25-18-26(41(4)38-25)11-10-23-16-24-8-5-6-9-27(24)31(17-23)45-15-7-14-42(30)35(21)36(43)44;;;/h13-14,17-19,44-45H,6-12,15-16,20-21H2,1-5H3;13-14,17-19H,6-12,15-16,20-21H2,1-5H3;12-13,16-18H,5-11,14-15,19-20H2,1-4H3,(H,43,44);3*1H4. The van der Waals surface area contributed by atoms with Crippen molar-refractivity contribution in [3.05, 3.63) is 258 Å². The molecule has 3 aliphatic carbocycles. The first-order valence-electron chi connectivity index (χ1n) is 49.3. The summed E-state index contributed by atoms with van der Waals surface area (Å²) in [4.78, 5) is 39.0. The quantitative estimate of drug-likeness (QED) is 0.0854. The number of aliphatic hydroxyl groups is 1. The van der Waals surface area contributed by atoms with Gasteiger partial charge >= 0.3 is 17.9 Å². The van der Waals surface area contributed by atoms with Crippen LogP contribution in [0.4, 0.5) is 0 Å². The van der Waals surface area contributed by atoms with E-state index in [4.69, 9.17) is 84.3 Å². The smallest absolute Gasteiger partial charge is 0.354 e. The van der Waals surface area contributed by atoms with E-state index in [1.165, 1.54) is 108 Å². The molecule has 2 aliphatic heterocycles. The first-order chi connectivity index (χ1) is 68.1. The van der Waals surface area contributed by atoms with Gasteiger partial charge in [0.1, 0.15) is 34.3 Å². The third-order valence-corrected chi connectivity index (χ3v) is 33.2. The molecule has 144 heavy (non-hydrogen) atoms. The highest BCUT2D eigenvalue weighted by atomic mass is 35.5. The van der Waals surface area contributed by atoms with Crippen molar-refractivity contribution >= 4 is 121 Å². The van der Waals surface area contributed by atoms with Crippen LogP contribution < -0.4 is 9.47 Å². The van der Waals surface area contributed by atoms with Crippen LogP contribution in [0, 0.1) is 41.5 Å². The van der Waals surface area contributed by atoms with Crippen LogP contribution in [-0.4, -0.2) is 140 Å². The van der Waals surface area contributed by atoms with E-state index in [0.29, 0.717) is 106 Å². The lowest BCUT2D eigenvalue weighted by Crippen LogP contribution is -2.14. The number of rotatable bonds is 14. The molecular weight excluding hydrogens is 1930 g/mol. The van der Waals surface area contributed by atoms with Crippen LogP contribution in [0.25, 0.3) is 66.1 Å². The topological polar surface area (TPSA) is 271 Å². The van der Waals surface area contributed by atoms with Crippen LogP contribution in [-0.2, 0) is 183 Å². The molecule has 0 spiro atoms. The van der Waals surface area contributed by atoms with Crippen LogP contribution >= 0.6 is 70.1 Å². The molecule has 5 aliphatic rings. The molecule has 0 unspecified atom stereocenters. The predicted octanol–water partition coefficient (Wildman–Crippen LogP) is 24.3. The molecular formula is C113H138Cl3N15O10S3. The van der Waals surface area contributed by atoms with Gasteiger partial charge < -0.3 is 48.0 Å². The number of ether oxygens (including phenoxy) is 4. The molecule has 0 atom stereocenters. The average molecular weight is 2070 g/mol. The predicted molar refractivity (Wildman–Crippen MR) is 585 cm³/mol. The number of carboxylic acids is 1. The fourth-order valence-electron chi connectivity index (χ4n) is 22.2. The summed E-state index contributed by atoms with van der Waals surface area (Å²) in [5.41, 5.74) is 36.3. The van der Waals surface area contributed by atoms with Crippen molar-refractivity contribution in [1.29, 1.82) is 0 Å². The van der Waals surface area contributed by atoms with E-state index < -0.39 is 11.9 Å². The number of phenols is 1. The second-order valence-electron chi connectivity index (χ2n) is 38.3. The van der Waals surface area contributed by atoms with Gasteiger partial charge in [0.15, 0.2) is 0 Å². The van der Waals surface area contributed by atoms with Crippen molar-refractivity contribution in [2.24, 2.45) is 42.3 Å². The molecule has 31 heteroatoms. The summed E-state index contributed by atoms with van der Waals surface area (Å²) in [6.45, 7) is 14.7. The number of hydrogen-bond acceptors (Lipinski definition) is 18. The lowest BCUT2D eigenvalue weighted by Gasteiger charge is -2.21. The Morgan fingerprint density at radius 1 is 0.451 bits per heavy atom. The van der Waals surface area contributed by atoms with Crippen LogP contribution in [0.15, 0.2) is 91.0 Å². The van der Waals surface area contributed by atoms with Gasteiger partial charge in [-0.1, -0.05) is 75.3 Å². The van der Waals surface area contributed by atoms with Crippen molar-refractivity contribution < 1.29 is 48.7 Å². The minimum absolute atomic E-state index is 0. The number of carbonyl (C=O) groups excluding carboxylic acids is 2. The Morgan fingerprint density at radius 2 is 0.903 bits per heavy atom. The number of methoxy groups -OCH3 is 2. The first-order valence-corrected chi connectivity index (χ1v) is 53.9. The Hall–Kier alpha value is -11.1. The Labute approximate surface area is 873 Å². The van der Waals surface area contributed by atoms with E-state index in [2.05, 4.69) is 60.0 Å². The number of hydrogen-bond donors (Lipinski definition) is 3. The summed E-state index contributed by atoms with van der Waals surface area (Å²) in [7, 11) is 14.8. The molecule has 11 heterocycles. The third kappa shape index (κ3) is 21.6. The second-order valence-corrected chi connectivity index (χ2v) is 42.4. The normalized spacial score (nSPS) is 14.4. The number of aromatic hydroxyl groups is 1. The minimum atomic E-state index is -0.943. The highest BCUT2D eigenvalue weighted by Gasteiger charge is 2.34. The second kappa shape index (κ2) is 46.3. The number of aliphatic hydroxyl groups excluding tert-OH is 1. The summed E-state index contributed by atoms with van der Waals surface area (Å²) in [5.74, 6) is 5.03. The maximum atomic E-state index is 13.3. The number of carboxylic acid groups (broad SMARTS) is 1. The van der Waals surface area contributed by atoms with Gasteiger partial charge in [0.2, 0.25) is 0 Å².